The second-order valence-corrected chi connectivity index (χ2v) is 4.20. The zero-order chi connectivity index (χ0) is 14.0. The third-order valence-corrected chi connectivity index (χ3v) is 2.79. The van der Waals surface area contributed by atoms with Gasteiger partial charge in [0.15, 0.2) is 11.6 Å². The molecule has 0 aromatic heterocycles. The molecule has 0 heterocycles. The number of rotatable bonds is 2. The van der Waals surface area contributed by atoms with Crippen LogP contribution in [0.3, 0.4) is 0 Å². The van der Waals surface area contributed by atoms with E-state index >= 15 is 0 Å². The number of halogens is 3. The van der Waals surface area contributed by atoms with E-state index in [2.05, 4.69) is 5.32 Å². The molecule has 98 valence electrons. The van der Waals surface area contributed by atoms with Gasteiger partial charge in [-0.2, -0.15) is 0 Å². The van der Waals surface area contributed by atoms with Gasteiger partial charge in [0.1, 0.15) is 0 Å². The van der Waals surface area contributed by atoms with Crippen molar-refractivity contribution < 1.29 is 13.6 Å². The lowest BCUT2D eigenvalue weighted by Gasteiger charge is -2.07. The summed E-state index contributed by atoms with van der Waals surface area (Å²) in [6.45, 7) is 0. The SMILES string of the molecule is Nc1ccc(C(=O)Nc2cccc(F)c2F)cc1Cl. The summed E-state index contributed by atoms with van der Waals surface area (Å²) in [7, 11) is 0. The average molecular weight is 283 g/mol. The maximum Gasteiger partial charge on any atom is 0.255 e. The van der Waals surface area contributed by atoms with Crippen LogP contribution >= 0.6 is 11.6 Å². The van der Waals surface area contributed by atoms with Gasteiger partial charge < -0.3 is 11.1 Å². The molecule has 0 fully saturated rings. The summed E-state index contributed by atoms with van der Waals surface area (Å²) >= 11 is 5.78. The first-order valence-corrected chi connectivity index (χ1v) is 5.67. The average Bonchev–Trinajstić information content (AvgIpc) is 2.38. The van der Waals surface area contributed by atoms with Crippen molar-refractivity contribution in [2.75, 3.05) is 11.1 Å². The van der Waals surface area contributed by atoms with Crippen LogP contribution in [-0.4, -0.2) is 5.91 Å². The highest BCUT2D eigenvalue weighted by Gasteiger charge is 2.12. The lowest BCUT2D eigenvalue weighted by Crippen LogP contribution is -2.13. The number of nitrogens with one attached hydrogen (secondary N) is 1. The van der Waals surface area contributed by atoms with Gasteiger partial charge in [-0.15, -0.1) is 0 Å². The van der Waals surface area contributed by atoms with Crippen molar-refractivity contribution in [1.82, 2.24) is 0 Å². The summed E-state index contributed by atoms with van der Waals surface area (Å²) in [6, 6.07) is 7.76. The Morgan fingerprint density at radius 1 is 1.21 bits per heavy atom. The van der Waals surface area contributed by atoms with Gasteiger partial charge in [0, 0.05) is 5.56 Å². The standard InChI is InChI=1S/C13H9ClF2N2O/c14-8-6-7(4-5-10(8)17)13(19)18-11-3-1-2-9(15)12(11)16/h1-6H,17H2,(H,18,19). The van der Waals surface area contributed by atoms with Crippen LogP contribution in [0.5, 0.6) is 0 Å². The van der Waals surface area contributed by atoms with E-state index in [1.54, 1.807) is 0 Å². The predicted octanol–water partition coefficient (Wildman–Crippen LogP) is 3.45. The van der Waals surface area contributed by atoms with Crippen LogP contribution in [0.1, 0.15) is 10.4 Å². The molecule has 1 amide bonds. The number of nitrogen functional groups attached to an aromatic ring is 1. The molecule has 6 heteroatoms. The van der Waals surface area contributed by atoms with Gasteiger partial charge in [-0.05, 0) is 30.3 Å². The van der Waals surface area contributed by atoms with Crippen molar-refractivity contribution in [2.24, 2.45) is 0 Å². The summed E-state index contributed by atoms with van der Waals surface area (Å²) < 4.78 is 26.4. The molecule has 0 saturated carbocycles. The van der Waals surface area contributed by atoms with E-state index in [0.717, 1.165) is 6.07 Å². The van der Waals surface area contributed by atoms with Crippen LogP contribution < -0.4 is 11.1 Å². The van der Waals surface area contributed by atoms with Crippen LogP contribution in [0, 0.1) is 11.6 Å². The van der Waals surface area contributed by atoms with E-state index in [9.17, 15) is 13.6 Å². The van der Waals surface area contributed by atoms with Crippen molar-refractivity contribution in [2.45, 2.75) is 0 Å². The molecule has 0 aliphatic carbocycles. The number of benzene rings is 2. The molecule has 0 atom stereocenters. The van der Waals surface area contributed by atoms with Crippen molar-refractivity contribution >= 4 is 28.9 Å². The number of amides is 1. The minimum atomic E-state index is -1.11. The number of nitrogens with two attached hydrogens (primary N) is 1. The zero-order valence-corrected chi connectivity index (χ0v) is 10.3. The van der Waals surface area contributed by atoms with Gasteiger partial charge in [0.2, 0.25) is 0 Å². The van der Waals surface area contributed by atoms with Gasteiger partial charge >= 0.3 is 0 Å². The van der Waals surface area contributed by atoms with Gasteiger partial charge in [-0.25, -0.2) is 8.78 Å². The Bertz CT molecular complexity index is 647. The minimum Gasteiger partial charge on any atom is -0.398 e. The zero-order valence-electron chi connectivity index (χ0n) is 9.58. The molecule has 2 rings (SSSR count). The molecule has 3 N–H and O–H groups in total. The lowest BCUT2D eigenvalue weighted by molar-refractivity contribution is 0.102. The topological polar surface area (TPSA) is 55.1 Å². The van der Waals surface area contributed by atoms with Gasteiger partial charge in [0.05, 0.1) is 16.4 Å². The first kappa shape index (κ1) is 13.3. The van der Waals surface area contributed by atoms with E-state index < -0.39 is 17.5 Å². The third-order valence-electron chi connectivity index (χ3n) is 2.46. The molecule has 0 radical (unpaired) electrons. The fourth-order valence-electron chi connectivity index (χ4n) is 1.46. The van der Waals surface area contributed by atoms with Gasteiger partial charge in [0.25, 0.3) is 5.91 Å². The Labute approximate surface area is 113 Å². The first-order chi connectivity index (χ1) is 8.99. The van der Waals surface area contributed by atoms with E-state index in [-0.39, 0.29) is 16.3 Å². The second kappa shape index (κ2) is 5.24. The maximum atomic E-state index is 13.4. The fraction of sp³-hybridized carbons (Fsp3) is 0. The summed E-state index contributed by atoms with van der Waals surface area (Å²) in [5, 5.41) is 2.48. The molecule has 0 aliphatic rings. The number of carbonyl (C=O) groups excluding carboxylic acids is 1. The monoisotopic (exact) mass is 282 g/mol. The van der Waals surface area contributed by atoms with Crippen molar-refractivity contribution in [1.29, 1.82) is 0 Å². The quantitative estimate of drug-likeness (QED) is 0.829. The predicted molar refractivity (Wildman–Crippen MR) is 70.2 cm³/mol. The Hall–Kier alpha value is -2.14. The number of anilines is 2. The smallest absolute Gasteiger partial charge is 0.255 e. The highest BCUT2D eigenvalue weighted by atomic mass is 35.5. The van der Waals surface area contributed by atoms with Crippen molar-refractivity contribution in [3.8, 4) is 0 Å². The van der Waals surface area contributed by atoms with Gasteiger partial charge in [-0.3, -0.25) is 4.79 Å². The van der Waals surface area contributed by atoms with Gasteiger partial charge in [-0.1, -0.05) is 17.7 Å². The summed E-state index contributed by atoms with van der Waals surface area (Å²) in [5.41, 5.74) is 5.80. The molecule has 3 nitrogen and oxygen atoms in total. The molecule has 19 heavy (non-hydrogen) atoms. The molecule has 0 unspecified atom stereocenters. The summed E-state index contributed by atoms with van der Waals surface area (Å²) in [6.07, 6.45) is 0. The summed E-state index contributed by atoms with van der Waals surface area (Å²) in [4.78, 5) is 11.8. The summed E-state index contributed by atoms with van der Waals surface area (Å²) in [5.74, 6) is -2.75. The molecular weight excluding hydrogens is 274 g/mol. The highest BCUT2D eigenvalue weighted by Crippen LogP contribution is 2.21. The lowest BCUT2D eigenvalue weighted by atomic mass is 10.2. The molecule has 2 aromatic carbocycles. The van der Waals surface area contributed by atoms with Crippen LogP contribution in [0.15, 0.2) is 36.4 Å². The third kappa shape index (κ3) is 2.82. The number of hydrogen-bond donors (Lipinski definition) is 2. The molecular formula is C13H9ClF2N2O. The van der Waals surface area contributed by atoms with E-state index in [1.165, 1.54) is 30.3 Å². The molecule has 0 bridgehead atoms. The van der Waals surface area contributed by atoms with E-state index in [0.29, 0.717) is 5.69 Å². The number of carbonyl (C=O) groups is 1. The van der Waals surface area contributed by atoms with Crippen LogP contribution in [-0.2, 0) is 0 Å². The molecule has 0 saturated heterocycles. The van der Waals surface area contributed by atoms with Crippen molar-refractivity contribution in [3.63, 3.8) is 0 Å². The molecule has 0 spiro atoms. The Kier molecular flexibility index (Phi) is 3.66. The largest absolute Gasteiger partial charge is 0.398 e. The Morgan fingerprint density at radius 3 is 2.63 bits per heavy atom. The van der Waals surface area contributed by atoms with E-state index in [4.69, 9.17) is 17.3 Å². The maximum absolute atomic E-state index is 13.4. The second-order valence-electron chi connectivity index (χ2n) is 3.79. The van der Waals surface area contributed by atoms with Crippen LogP contribution in [0.25, 0.3) is 0 Å². The normalized spacial score (nSPS) is 10.3. The van der Waals surface area contributed by atoms with E-state index in [1.807, 2.05) is 0 Å². The Balaban J connectivity index is 2.26. The van der Waals surface area contributed by atoms with Crippen LogP contribution in [0.4, 0.5) is 20.2 Å². The number of hydrogen-bond acceptors (Lipinski definition) is 2. The highest BCUT2D eigenvalue weighted by molar-refractivity contribution is 6.33. The molecule has 0 aliphatic heterocycles. The Morgan fingerprint density at radius 2 is 1.95 bits per heavy atom. The van der Waals surface area contributed by atoms with Crippen molar-refractivity contribution in [3.05, 3.63) is 58.6 Å². The first-order valence-electron chi connectivity index (χ1n) is 5.29. The molecule has 2 aromatic rings. The minimum absolute atomic E-state index is 0.197. The van der Waals surface area contributed by atoms with Crippen LogP contribution in [0.2, 0.25) is 5.02 Å². The fourth-order valence-corrected chi connectivity index (χ4v) is 1.64.